The lowest BCUT2D eigenvalue weighted by molar-refractivity contribution is 0.857. The second-order valence-electron chi connectivity index (χ2n) is 3.85. The minimum atomic E-state index is 0.703. The first-order valence-electron chi connectivity index (χ1n) is 5.32. The van der Waals surface area contributed by atoms with Gasteiger partial charge in [0.05, 0.1) is 11.2 Å². The first-order valence-corrected chi connectivity index (χ1v) is 5.70. The van der Waals surface area contributed by atoms with Crippen molar-refractivity contribution in [1.82, 2.24) is 14.8 Å². The first kappa shape index (κ1) is 10.3. The molecule has 3 rings (SSSR count). The lowest BCUT2D eigenvalue weighted by Gasteiger charge is -2.01. The zero-order valence-electron chi connectivity index (χ0n) is 9.26. The summed E-state index contributed by atoms with van der Waals surface area (Å²) < 4.78 is 1.82. The van der Waals surface area contributed by atoms with Gasteiger partial charge in [0.25, 0.3) is 0 Å². The molecule has 3 aromatic rings. The summed E-state index contributed by atoms with van der Waals surface area (Å²) in [4.78, 5) is 4.30. The predicted molar refractivity (Wildman–Crippen MR) is 68.6 cm³/mol. The van der Waals surface area contributed by atoms with E-state index in [1.165, 1.54) is 0 Å². The highest BCUT2D eigenvalue weighted by Crippen LogP contribution is 2.23. The Morgan fingerprint density at radius 1 is 1.18 bits per heavy atom. The van der Waals surface area contributed by atoms with Crippen LogP contribution in [0.5, 0.6) is 0 Å². The molecule has 17 heavy (non-hydrogen) atoms. The molecular formula is C13H10ClN3. The molecule has 0 saturated heterocycles. The molecule has 0 bridgehead atoms. The number of hydrogen-bond acceptors (Lipinski definition) is 2. The fourth-order valence-electron chi connectivity index (χ4n) is 1.90. The number of aryl methyl sites for hydroxylation is 1. The molecule has 0 spiro atoms. The summed E-state index contributed by atoms with van der Waals surface area (Å²) in [6, 6.07) is 11.5. The van der Waals surface area contributed by atoms with Crippen molar-refractivity contribution in [2.75, 3.05) is 0 Å². The van der Waals surface area contributed by atoms with Crippen LogP contribution in [-0.4, -0.2) is 14.8 Å². The van der Waals surface area contributed by atoms with E-state index >= 15 is 0 Å². The maximum atomic E-state index is 6.03. The molecule has 0 aliphatic carbocycles. The molecule has 2 heterocycles. The van der Waals surface area contributed by atoms with Gasteiger partial charge >= 0.3 is 0 Å². The quantitative estimate of drug-likeness (QED) is 0.656. The van der Waals surface area contributed by atoms with Gasteiger partial charge in [-0.1, -0.05) is 17.7 Å². The van der Waals surface area contributed by atoms with Crippen LogP contribution in [0.4, 0.5) is 0 Å². The van der Waals surface area contributed by atoms with Gasteiger partial charge in [0.1, 0.15) is 0 Å². The van der Waals surface area contributed by atoms with Gasteiger partial charge in [-0.2, -0.15) is 5.10 Å². The molecule has 0 N–H and O–H groups in total. The number of fused-ring (bicyclic) bond motifs is 1. The average Bonchev–Trinajstić information content (AvgIpc) is 2.67. The van der Waals surface area contributed by atoms with Crippen molar-refractivity contribution in [2.24, 2.45) is 0 Å². The van der Waals surface area contributed by atoms with Gasteiger partial charge in [-0.05, 0) is 37.3 Å². The molecule has 0 amide bonds. The molecular weight excluding hydrogens is 234 g/mol. The fourth-order valence-corrected chi connectivity index (χ4v) is 2.06. The predicted octanol–water partition coefficient (Wildman–Crippen LogP) is 3.38. The minimum Gasteiger partial charge on any atom is -0.237 e. The molecule has 0 fully saturated rings. The number of halogens is 1. The lowest BCUT2D eigenvalue weighted by Crippen LogP contribution is -1.98. The SMILES string of the molecule is Cc1nn(-c2ccccn2)c2cc(Cl)ccc12. The summed E-state index contributed by atoms with van der Waals surface area (Å²) >= 11 is 6.03. The van der Waals surface area contributed by atoms with Crippen molar-refractivity contribution in [3.8, 4) is 5.82 Å². The molecule has 0 saturated carbocycles. The van der Waals surface area contributed by atoms with Crippen LogP contribution in [0.15, 0.2) is 42.6 Å². The summed E-state index contributed by atoms with van der Waals surface area (Å²) in [6.45, 7) is 1.98. The largest absolute Gasteiger partial charge is 0.237 e. The van der Waals surface area contributed by atoms with E-state index in [-0.39, 0.29) is 0 Å². The molecule has 4 heteroatoms. The third-order valence-corrected chi connectivity index (χ3v) is 2.93. The Labute approximate surface area is 104 Å². The van der Waals surface area contributed by atoms with Gasteiger partial charge in [-0.3, -0.25) is 0 Å². The van der Waals surface area contributed by atoms with E-state index in [0.717, 1.165) is 22.4 Å². The minimum absolute atomic E-state index is 0.703. The third kappa shape index (κ3) is 1.68. The second kappa shape index (κ2) is 3.86. The van der Waals surface area contributed by atoms with E-state index in [2.05, 4.69) is 10.1 Å². The highest BCUT2D eigenvalue weighted by molar-refractivity contribution is 6.31. The monoisotopic (exact) mass is 243 g/mol. The lowest BCUT2D eigenvalue weighted by atomic mass is 10.2. The normalized spacial score (nSPS) is 10.9. The average molecular weight is 244 g/mol. The Kier molecular flexibility index (Phi) is 2.34. The molecule has 1 aromatic carbocycles. The third-order valence-electron chi connectivity index (χ3n) is 2.69. The Balaban J connectivity index is 2.34. The Morgan fingerprint density at radius 2 is 2.06 bits per heavy atom. The van der Waals surface area contributed by atoms with Crippen molar-refractivity contribution in [1.29, 1.82) is 0 Å². The Morgan fingerprint density at radius 3 is 2.82 bits per heavy atom. The highest BCUT2D eigenvalue weighted by Gasteiger charge is 2.09. The van der Waals surface area contributed by atoms with Crippen LogP contribution in [0.1, 0.15) is 5.69 Å². The van der Waals surface area contributed by atoms with E-state index in [9.17, 15) is 0 Å². The van der Waals surface area contributed by atoms with Crippen molar-refractivity contribution in [2.45, 2.75) is 6.92 Å². The van der Waals surface area contributed by atoms with Crippen LogP contribution in [0.25, 0.3) is 16.7 Å². The molecule has 84 valence electrons. The number of pyridine rings is 1. The second-order valence-corrected chi connectivity index (χ2v) is 4.28. The molecule has 0 radical (unpaired) electrons. The number of rotatable bonds is 1. The molecule has 0 unspecified atom stereocenters. The summed E-state index contributed by atoms with van der Waals surface area (Å²) in [7, 11) is 0. The van der Waals surface area contributed by atoms with Crippen molar-refractivity contribution < 1.29 is 0 Å². The fraction of sp³-hybridized carbons (Fsp3) is 0.0769. The van der Waals surface area contributed by atoms with Crippen molar-refractivity contribution in [3.63, 3.8) is 0 Å². The number of aromatic nitrogens is 3. The van der Waals surface area contributed by atoms with E-state index < -0.39 is 0 Å². The smallest absolute Gasteiger partial charge is 0.153 e. The maximum absolute atomic E-state index is 6.03. The Bertz CT molecular complexity index is 674. The highest BCUT2D eigenvalue weighted by atomic mass is 35.5. The zero-order valence-corrected chi connectivity index (χ0v) is 10.0. The number of hydrogen-bond donors (Lipinski definition) is 0. The zero-order chi connectivity index (χ0) is 11.8. The summed E-state index contributed by atoms with van der Waals surface area (Å²) in [5.41, 5.74) is 1.95. The molecule has 3 nitrogen and oxygen atoms in total. The van der Waals surface area contributed by atoms with Crippen LogP contribution in [0.3, 0.4) is 0 Å². The van der Waals surface area contributed by atoms with Gasteiger partial charge < -0.3 is 0 Å². The van der Waals surface area contributed by atoms with E-state index in [4.69, 9.17) is 11.6 Å². The molecule has 0 aliphatic rings. The molecule has 0 aliphatic heterocycles. The van der Waals surface area contributed by atoms with Gasteiger partial charge in [0.2, 0.25) is 0 Å². The van der Waals surface area contributed by atoms with Crippen LogP contribution in [0, 0.1) is 6.92 Å². The van der Waals surface area contributed by atoms with Gasteiger partial charge in [-0.15, -0.1) is 0 Å². The van der Waals surface area contributed by atoms with Crippen LogP contribution in [-0.2, 0) is 0 Å². The van der Waals surface area contributed by atoms with Crippen LogP contribution >= 0.6 is 11.6 Å². The van der Waals surface area contributed by atoms with Crippen molar-refractivity contribution >= 4 is 22.5 Å². The summed E-state index contributed by atoms with van der Waals surface area (Å²) in [6.07, 6.45) is 1.75. The molecule has 0 atom stereocenters. The van der Waals surface area contributed by atoms with Crippen LogP contribution < -0.4 is 0 Å². The number of benzene rings is 1. The Hall–Kier alpha value is -1.87. The van der Waals surface area contributed by atoms with E-state index in [1.54, 1.807) is 6.20 Å². The summed E-state index contributed by atoms with van der Waals surface area (Å²) in [5, 5.41) is 6.30. The number of nitrogens with zero attached hydrogens (tertiary/aromatic N) is 3. The topological polar surface area (TPSA) is 30.7 Å². The molecule has 2 aromatic heterocycles. The van der Waals surface area contributed by atoms with Crippen molar-refractivity contribution in [3.05, 3.63) is 53.3 Å². The first-order chi connectivity index (χ1) is 8.25. The van der Waals surface area contributed by atoms with Crippen LogP contribution in [0.2, 0.25) is 5.02 Å². The van der Waals surface area contributed by atoms with Gasteiger partial charge in [-0.25, -0.2) is 9.67 Å². The van der Waals surface area contributed by atoms with E-state index in [0.29, 0.717) is 5.02 Å². The summed E-state index contributed by atoms with van der Waals surface area (Å²) in [5.74, 6) is 0.799. The van der Waals surface area contributed by atoms with Gasteiger partial charge in [0, 0.05) is 16.6 Å². The maximum Gasteiger partial charge on any atom is 0.153 e. The standard InChI is InChI=1S/C13H10ClN3/c1-9-11-6-5-10(14)8-12(11)17(16-9)13-4-2-3-7-15-13/h2-8H,1H3. The van der Waals surface area contributed by atoms with E-state index in [1.807, 2.05) is 48.0 Å². The van der Waals surface area contributed by atoms with Gasteiger partial charge in [0.15, 0.2) is 5.82 Å².